The summed E-state index contributed by atoms with van der Waals surface area (Å²) in [7, 11) is 0. The Hall–Kier alpha value is -0.960. The van der Waals surface area contributed by atoms with Crippen molar-refractivity contribution in [2.45, 2.75) is 31.3 Å². The number of aromatic nitrogens is 2. The fourth-order valence-electron chi connectivity index (χ4n) is 2.36. The van der Waals surface area contributed by atoms with Crippen LogP contribution in [0.3, 0.4) is 0 Å². The summed E-state index contributed by atoms with van der Waals surface area (Å²) in [6.45, 7) is 0. The van der Waals surface area contributed by atoms with Gasteiger partial charge in [0.15, 0.2) is 0 Å². The largest absolute Gasteiger partial charge is 0.384 e. The van der Waals surface area contributed by atoms with Gasteiger partial charge in [-0.25, -0.2) is 9.97 Å². The summed E-state index contributed by atoms with van der Waals surface area (Å²) in [6.07, 6.45) is 9.67. The minimum absolute atomic E-state index is 0.459. The van der Waals surface area contributed by atoms with E-state index in [1.807, 2.05) is 0 Å². The summed E-state index contributed by atoms with van der Waals surface area (Å²) in [6, 6.07) is 0. The van der Waals surface area contributed by atoms with Crippen molar-refractivity contribution >= 4 is 0 Å². The van der Waals surface area contributed by atoms with Crippen LogP contribution in [0, 0.1) is 11.8 Å². The van der Waals surface area contributed by atoms with Crippen LogP contribution in [0.1, 0.15) is 31.2 Å². The zero-order valence-corrected chi connectivity index (χ0v) is 8.06. The zero-order valence-electron chi connectivity index (χ0n) is 8.06. The highest BCUT2D eigenvalue weighted by Gasteiger charge is 2.54. The zero-order chi connectivity index (χ0) is 9.60. The monoisotopic (exact) mass is 190 g/mol. The van der Waals surface area contributed by atoms with Crippen LogP contribution in [0.25, 0.3) is 0 Å². The number of hydrogen-bond donors (Lipinski definition) is 1. The van der Waals surface area contributed by atoms with Gasteiger partial charge < -0.3 is 5.11 Å². The van der Waals surface area contributed by atoms with Gasteiger partial charge in [-0.05, 0) is 37.5 Å². The van der Waals surface area contributed by atoms with Gasteiger partial charge in [-0.1, -0.05) is 0 Å². The van der Waals surface area contributed by atoms with E-state index < -0.39 is 5.60 Å². The summed E-state index contributed by atoms with van der Waals surface area (Å²) in [5, 5.41) is 10.7. The van der Waals surface area contributed by atoms with Crippen LogP contribution in [0.5, 0.6) is 0 Å². The van der Waals surface area contributed by atoms with Crippen molar-refractivity contribution in [1.29, 1.82) is 0 Å². The predicted molar refractivity (Wildman–Crippen MR) is 51.4 cm³/mol. The maximum absolute atomic E-state index is 10.7. The highest BCUT2D eigenvalue weighted by atomic mass is 16.3. The minimum atomic E-state index is -0.610. The van der Waals surface area contributed by atoms with Gasteiger partial charge in [-0.2, -0.15) is 0 Å². The topological polar surface area (TPSA) is 46.0 Å². The fourth-order valence-corrected chi connectivity index (χ4v) is 2.36. The first kappa shape index (κ1) is 8.36. The van der Waals surface area contributed by atoms with Gasteiger partial charge in [0.05, 0.1) is 5.60 Å². The molecule has 14 heavy (non-hydrogen) atoms. The molecule has 3 rings (SSSR count). The van der Waals surface area contributed by atoms with Crippen LogP contribution < -0.4 is 0 Å². The summed E-state index contributed by atoms with van der Waals surface area (Å²) < 4.78 is 0. The quantitative estimate of drug-likeness (QED) is 0.785. The molecule has 0 atom stereocenters. The molecule has 1 N–H and O–H groups in total. The molecule has 74 valence electrons. The van der Waals surface area contributed by atoms with E-state index in [2.05, 4.69) is 9.97 Å². The van der Waals surface area contributed by atoms with Gasteiger partial charge in [0.2, 0.25) is 0 Å². The molecule has 0 radical (unpaired) electrons. The van der Waals surface area contributed by atoms with E-state index >= 15 is 0 Å². The Morgan fingerprint density at radius 2 is 1.57 bits per heavy atom. The first-order chi connectivity index (χ1) is 6.82. The van der Waals surface area contributed by atoms with Gasteiger partial charge >= 0.3 is 0 Å². The van der Waals surface area contributed by atoms with Gasteiger partial charge in [-0.15, -0.1) is 0 Å². The van der Waals surface area contributed by atoms with Crippen LogP contribution in [0.2, 0.25) is 0 Å². The van der Waals surface area contributed by atoms with Crippen LogP contribution >= 0.6 is 0 Å². The first-order valence-corrected chi connectivity index (χ1v) is 5.29. The number of rotatable bonds is 3. The summed E-state index contributed by atoms with van der Waals surface area (Å²) in [5.74, 6) is 0.919. The summed E-state index contributed by atoms with van der Waals surface area (Å²) in [5.41, 5.74) is 0.311. The third kappa shape index (κ3) is 1.16. The van der Waals surface area contributed by atoms with Crippen molar-refractivity contribution in [1.82, 2.24) is 9.97 Å². The van der Waals surface area contributed by atoms with Crippen molar-refractivity contribution in [2.75, 3.05) is 0 Å². The van der Waals surface area contributed by atoms with Gasteiger partial charge in [0, 0.05) is 18.0 Å². The van der Waals surface area contributed by atoms with Crippen molar-refractivity contribution in [2.24, 2.45) is 11.8 Å². The molecule has 3 heteroatoms. The number of aliphatic hydroxyl groups is 1. The van der Waals surface area contributed by atoms with Crippen LogP contribution in [0.4, 0.5) is 0 Å². The normalized spacial score (nSPS) is 22.4. The van der Waals surface area contributed by atoms with E-state index in [0.29, 0.717) is 11.8 Å². The van der Waals surface area contributed by atoms with Crippen molar-refractivity contribution in [3.63, 3.8) is 0 Å². The highest BCUT2D eigenvalue weighted by molar-refractivity contribution is 5.22. The molecular formula is C11H14N2O. The van der Waals surface area contributed by atoms with Gasteiger partial charge in [0.1, 0.15) is 6.33 Å². The average Bonchev–Trinajstić information content (AvgIpc) is 3.06. The molecule has 0 bridgehead atoms. The molecule has 2 aliphatic rings. The fraction of sp³-hybridized carbons (Fsp3) is 0.636. The Morgan fingerprint density at radius 1 is 1.07 bits per heavy atom. The van der Waals surface area contributed by atoms with Crippen LogP contribution in [-0.2, 0) is 5.60 Å². The highest BCUT2D eigenvalue weighted by Crippen LogP contribution is 2.57. The standard InChI is InChI=1S/C11H14N2O/c14-11(8-1-2-8,9-3-4-9)10-5-12-7-13-6-10/h5-9,14H,1-4H2. The molecule has 2 fully saturated rings. The lowest BCUT2D eigenvalue weighted by Crippen LogP contribution is -2.31. The lowest BCUT2D eigenvalue weighted by molar-refractivity contribution is -0.0108. The Bertz CT molecular complexity index is 318. The minimum Gasteiger partial charge on any atom is -0.384 e. The molecule has 2 saturated carbocycles. The van der Waals surface area contributed by atoms with Crippen molar-refractivity contribution in [3.05, 3.63) is 24.3 Å². The molecule has 0 saturated heterocycles. The lowest BCUT2D eigenvalue weighted by Gasteiger charge is -2.27. The molecule has 1 aromatic heterocycles. The van der Waals surface area contributed by atoms with Crippen LogP contribution in [0.15, 0.2) is 18.7 Å². The SMILES string of the molecule is OC(c1cncnc1)(C1CC1)C1CC1. The summed E-state index contributed by atoms with van der Waals surface area (Å²) in [4.78, 5) is 8.00. The molecule has 1 aromatic rings. The molecule has 0 spiro atoms. The molecular weight excluding hydrogens is 176 g/mol. The Balaban J connectivity index is 1.98. The van der Waals surface area contributed by atoms with E-state index in [1.54, 1.807) is 12.4 Å². The number of nitrogens with zero attached hydrogens (tertiary/aromatic N) is 2. The molecule has 0 aromatic carbocycles. The van der Waals surface area contributed by atoms with E-state index in [1.165, 1.54) is 6.33 Å². The molecule has 3 nitrogen and oxygen atoms in total. The van der Waals surface area contributed by atoms with E-state index in [9.17, 15) is 5.11 Å². The van der Waals surface area contributed by atoms with E-state index in [4.69, 9.17) is 0 Å². The maximum atomic E-state index is 10.7. The third-order valence-corrected chi connectivity index (χ3v) is 3.42. The lowest BCUT2D eigenvalue weighted by atomic mass is 9.86. The number of hydrogen-bond acceptors (Lipinski definition) is 3. The average molecular weight is 190 g/mol. The van der Waals surface area contributed by atoms with Crippen molar-refractivity contribution in [3.8, 4) is 0 Å². The Morgan fingerprint density at radius 3 is 2.00 bits per heavy atom. The van der Waals surface area contributed by atoms with Crippen molar-refractivity contribution < 1.29 is 5.11 Å². The predicted octanol–water partition coefficient (Wildman–Crippen LogP) is 1.48. The third-order valence-electron chi connectivity index (χ3n) is 3.42. The van der Waals surface area contributed by atoms with Gasteiger partial charge in [-0.3, -0.25) is 0 Å². The molecule has 0 unspecified atom stereocenters. The van der Waals surface area contributed by atoms with E-state index in [-0.39, 0.29) is 0 Å². The van der Waals surface area contributed by atoms with E-state index in [0.717, 1.165) is 31.2 Å². The second-order valence-corrected chi connectivity index (χ2v) is 4.50. The Labute approximate surface area is 83.2 Å². The second kappa shape index (κ2) is 2.76. The molecule has 2 aliphatic carbocycles. The second-order valence-electron chi connectivity index (χ2n) is 4.50. The molecule has 0 amide bonds. The maximum Gasteiger partial charge on any atom is 0.115 e. The van der Waals surface area contributed by atoms with Gasteiger partial charge in [0.25, 0.3) is 0 Å². The smallest absolute Gasteiger partial charge is 0.115 e. The van der Waals surface area contributed by atoms with Crippen LogP contribution in [-0.4, -0.2) is 15.1 Å². The Kier molecular flexibility index (Phi) is 1.65. The summed E-state index contributed by atoms with van der Waals surface area (Å²) >= 11 is 0. The molecule has 1 heterocycles. The first-order valence-electron chi connectivity index (χ1n) is 5.29. The molecule has 0 aliphatic heterocycles.